The Morgan fingerprint density at radius 2 is 2.05 bits per heavy atom. The fraction of sp³-hybridized carbons (Fsp3) is 0.400. The molecule has 5 heteroatoms. The summed E-state index contributed by atoms with van der Waals surface area (Å²) in [5.74, 6) is 1.48. The number of halogens is 1. The van der Waals surface area contributed by atoms with Gasteiger partial charge in [0.15, 0.2) is 0 Å². The van der Waals surface area contributed by atoms with Crippen LogP contribution in [-0.2, 0) is 0 Å². The summed E-state index contributed by atoms with van der Waals surface area (Å²) in [7, 11) is 0. The number of nitrogens with two attached hydrogens (primary N) is 1. The molecule has 0 radical (unpaired) electrons. The molecule has 0 spiro atoms. The van der Waals surface area contributed by atoms with Crippen molar-refractivity contribution in [3.63, 3.8) is 0 Å². The Morgan fingerprint density at radius 3 is 2.70 bits per heavy atom. The average molecular weight is 335 g/mol. The van der Waals surface area contributed by atoms with Crippen molar-refractivity contribution in [3.8, 4) is 0 Å². The van der Waals surface area contributed by atoms with E-state index in [0.717, 1.165) is 34.6 Å². The van der Waals surface area contributed by atoms with Gasteiger partial charge >= 0.3 is 0 Å². The number of nitrogen functional groups attached to an aromatic ring is 1. The zero-order valence-electron chi connectivity index (χ0n) is 11.7. The molecular weight excluding hydrogens is 316 g/mol. The van der Waals surface area contributed by atoms with Crippen LogP contribution in [0.15, 0.2) is 28.7 Å². The Balaban J connectivity index is 2.05. The molecular formula is C15H19BrN4. The van der Waals surface area contributed by atoms with Gasteiger partial charge in [-0.05, 0) is 46.0 Å². The molecule has 1 aromatic heterocycles. The third kappa shape index (κ3) is 2.20. The van der Waals surface area contributed by atoms with Crippen molar-refractivity contribution in [2.75, 3.05) is 17.6 Å². The summed E-state index contributed by atoms with van der Waals surface area (Å²) in [6.07, 6.45) is 1.03. The lowest BCUT2D eigenvalue weighted by atomic mass is 10.0. The smallest absolute Gasteiger partial charge is 0.139 e. The predicted octanol–water partition coefficient (Wildman–Crippen LogP) is 3.76. The summed E-state index contributed by atoms with van der Waals surface area (Å²) >= 11 is 3.68. The zero-order valence-corrected chi connectivity index (χ0v) is 13.3. The zero-order chi connectivity index (χ0) is 14.3. The van der Waals surface area contributed by atoms with Gasteiger partial charge in [0.05, 0.1) is 16.2 Å². The van der Waals surface area contributed by atoms with Crippen LogP contribution in [0.25, 0.3) is 0 Å². The van der Waals surface area contributed by atoms with Crippen LogP contribution in [0, 0.1) is 0 Å². The molecule has 0 amide bonds. The molecule has 20 heavy (non-hydrogen) atoms. The van der Waals surface area contributed by atoms with Crippen molar-refractivity contribution in [1.29, 1.82) is 0 Å². The molecule has 1 unspecified atom stereocenters. The highest BCUT2D eigenvalue weighted by molar-refractivity contribution is 9.10. The van der Waals surface area contributed by atoms with Crippen molar-refractivity contribution >= 4 is 27.4 Å². The Hall–Kier alpha value is -1.49. The van der Waals surface area contributed by atoms with E-state index in [9.17, 15) is 0 Å². The van der Waals surface area contributed by atoms with Gasteiger partial charge in [-0.25, -0.2) is 4.68 Å². The number of fused-ring (bicyclic) bond motifs is 1. The second-order valence-electron chi connectivity index (χ2n) is 5.55. The van der Waals surface area contributed by atoms with E-state index in [-0.39, 0.29) is 6.04 Å². The molecule has 2 heterocycles. The lowest BCUT2D eigenvalue weighted by molar-refractivity contribution is 0.476. The average Bonchev–Trinajstić information content (AvgIpc) is 2.78. The van der Waals surface area contributed by atoms with E-state index in [1.54, 1.807) is 0 Å². The van der Waals surface area contributed by atoms with Gasteiger partial charge in [-0.3, -0.25) is 0 Å². The van der Waals surface area contributed by atoms with Crippen LogP contribution < -0.4 is 11.1 Å². The van der Waals surface area contributed by atoms with Gasteiger partial charge < -0.3 is 11.1 Å². The first-order chi connectivity index (χ1) is 9.58. The monoisotopic (exact) mass is 334 g/mol. The third-order valence-electron chi connectivity index (χ3n) is 3.75. The van der Waals surface area contributed by atoms with E-state index in [4.69, 9.17) is 10.8 Å². The van der Waals surface area contributed by atoms with Crippen molar-refractivity contribution < 1.29 is 0 Å². The Morgan fingerprint density at radius 1 is 1.35 bits per heavy atom. The first-order valence-electron chi connectivity index (χ1n) is 6.95. The van der Waals surface area contributed by atoms with Gasteiger partial charge in [-0.1, -0.05) is 26.0 Å². The van der Waals surface area contributed by atoms with Crippen LogP contribution in [0.4, 0.5) is 11.5 Å². The van der Waals surface area contributed by atoms with E-state index < -0.39 is 0 Å². The van der Waals surface area contributed by atoms with Crippen LogP contribution in [0.1, 0.15) is 43.5 Å². The number of rotatable bonds is 2. The van der Waals surface area contributed by atoms with E-state index in [1.165, 1.54) is 5.56 Å². The number of anilines is 2. The molecule has 0 bridgehead atoms. The number of hydrogen-bond acceptors (Lipinski definition) is 3. The quantitative estimate of drug-likeness (QED) is 0.822. The molecule has 0 fully saturated rings. The maximum absolute atomic E-state index is 5.78. The summed E-state index contributed by atoms with van der Waals surface area (Å²) in [6.45, 7) is 5.28. The fourth-order valence-electron chi connectivity index (χ4n) is 2.66. The topological polar surface area (TPSA) is 55.9 Å². The summed E-state index contributed by atoms with van der Waals surface area (Å²) in [5, 5.41) is 8.25. The molecule has 3 rings (SSSR count). The predicted molar refractivity (Wildman–Crippen MR) is 86.1 cm³/mol. The Labute approximate surface area is 127 Å². The van der Waals surface area contributed by atoms with Gasteiger partial charge in [0.2, 0.25) is 0 Å². The molecule has 0 saturated heterocycles. The van der Waals surface area contributed by atoms with Crippen molar-refractivity contribution in [1.82, 2.24) is 9.78 Å². The second kappa shape index (κ2) is 5.13. The van der Waals surface area contributed by atoms with Crippen molar-refractivity contribution in [2.45, 2.75) is 32.2 Å². The molecule has 1 aliphatic rings. The number of hydrogen-bond donors (Lipinski definition) is 2. The summed E-state index contributed by atoms with van der Waals surface area (Å²) in [4.78, 5) is 0. The van der Waals surface area contributed by atoms with Crippen LogP contribution in [0.3, 0.4) is 0 Å². The number of aromatic nitrogens is 2. The Kier molecular flexibility index (Phi) is 3.46. The molecule has 1 aliphatic heterocycles. The van der Waals surface area contributed by atoms with Crippen LogP contribution >= 0.6 is 15.9 Å². The minimum absolute atomic E-state index is 0.274. The minimum Gasteiger partial charge on any atom is -0.399 e. The number of nitrogens with zero attached hydrogens (tertiary/aromatic N) is 2. The maximum atomic E-state index is 5.78. The molecule has 2 aromatic rings. The largest absolute Gasteiger partial charge is 0.399 e. The van der Waals surface area contributed by atoms with Gasteiger partial charge in [0.1, 0.15) is 5.82 Å². The van der Waals surface area contributed by atoms with E-state index in [1.807, 2.05) is 12.1 Å². The van der Waals surface area contributed by atoms with E-state index in [2.05, 4.69) is 51.9 Å². The number of nitrogens with one attached hydrogen (secondary N) is 1. The number of benzene rings is 1. The molecule has 3 N–H and O–H groups in total. The molecule has 4 nitrogen and oxygen atoms in total. The first-order valence-corrected chi connectivity index (χ1v) is 7.74. The highest BCUT2D eigenvalue weighted by atomic mass is 79.9. The Bertz CT molecular complexity index is 616. The van der Waals surface area contributed by atoms with Gasteiger partial charge in [0, 0.05) is 12.2 Å². The molecule has 1 atom stereocenters. The lowest BCUT2D eigenvalue weighted by Crippen LogP contribution is -2.24. The highest BCUT2D eigenvalue weighted by Crippen LogP contribution is 2.38. The maximum Gasteiger partial charge on any atom is 0.139 e. The van der Waals surface area contributed by atoms with Crippen LogP contribution in [0.5, 0.6) is 0 Å². The molecule has 0 saturated carbocycles. The molecule has 106 valence electrons. The van der Waals surface area contributed by atoms with E-state index in [0.29, 0.717) is 5.92 Å². The van der Waals surface area contributed by atoms with Gasteiger partial charge in [-0.2, -0.15) is 5.10 Å². The first kappa shape index (κ1) is 13.5. The molecule has 0 aliphatic carbocycles. The lowest BCUT2D eigenvalue weighted by Gasteiger charge is -2.26. The minimum atomic E-state index is 0.274. The normalized spacial score (nSPS) is 17.9. The second-order valence-corrected chi connectivity index (χ2v) is 6.34. The van der Waals surface area contributed by atoms with Crippen molar-refractivity contribution in [3.05, 3.63) is 40.0 Å². The van der Waals surface area contributed by atoms with Crippen LogP contribution in [-0.4, -0.2) is 16.3 Å². The van der Waals surface area contributed by atoms with Crippen LogP contribution in [0.2, 0.25) is 0 Å². The third-order valence-corrected chi connectivity index (χ3v) is 4.53. The van der Waals surface area contributed by atoms with Gasteiger partial charge in [0.25, 0.3) is 0 Å². The standard InChI is InChI=1S/C15H19BrN4/c1-9(2)14-13(16)15-18-8-7-12(20(15)19-14)10-3-5-11(17)6-4-10/h3-6,9,12,18H,7-8,17H2,1-2H3. The fourth-order valence-corrected chi connectivity index (χ4v) is 3.52. The van der Waals surface area contributed by atoms with E-state index >= 15 is 0 Å². The SMILES string of the molecule is CC(C)c1nn2c(c1Br)NCCC2c1ccc(N)cc1. The summed E-state index contributed by atoms with van der Waals surface area (Å²) < 4.78 is 3.20. The summed E-state index contributed by atoms with van der Waals surface area (Å²) in [5.41, 5.74) is 8.94. The summed E-state index contributed by atoms with van der Waals surface area (Å²) in [6, 6.07) is 8.38. The van der Waals surface area contributed by atoms with Gasteiger partial charge in [-0.15, -0.1) is 0 Å². The molecule has 1 aromatic carbocycles. The highest BCUT2D eigenvalue weighted by Gasteiger charge is 2.27. The van der Waals surface area contributed by atoms with Crippen molar-refractivity contribution in [2.24, 2.45) is 0 Å².